The van der Waals surface area contributed by atoms with Crippen molar-refractivity contribution in [2.24, 2.45) is 5.92 Å². The molecule has 0 bridgehead atoms. The number of carbonyl (C=O) groups is 1. The molecule has 2 aliphatic rings. The Kier molecular flexibility index (Phi) is 5.15. The molecule has 1 aromatic rings. The van der Waals surface area contributed by atoms with E-state index in [1.165, 1.54) is 29.3 Å². The molecule has 1 aliphatic heterocycles. The van der Waals surface area contributed by atoms with Gasteiger partial charge in [-0.1, -0.05) is 0 Å². The number of nitrogens with one attached hydrogen (secondary N) is 3. The molecule has 1 aromatic carbocycles. The van der Waals surface area contributed by atoms with Gasteiger partial charge in [-0.3, -0.25) is 4.79 Å². The van der Waals surface area contributed by atoms with Crippen LogP contribution in [0.4, 0.5) is 8.78 Å². The van der Waals surface area contributed by atoms with Crippen molar-refractivity contribution in [3.8, 4) is 0 Å². The standard InChI is InChI=1S/C19H22F2N4O/c1-11(7-22)24-8-14-9-25(10-18(14)23)19(26)16-3-2-15(20)5-12(16)4-13-6-17(13)21/h2-3,5,7-8,11,13,17,22-24H,4,6,9-10H2,1H3/b14-8-,22-7?,23-18?. The van der Waals surface area contributed by atoms with Gasteiger partial charge in [0.05, 0.1) is 18.3 Å². The Balaban J connectivity index is 1.75. The van der Waals surface area contributed by atoms with Gasteiger partial charge in [-0.25, -0.2) is 8.78 Å². The molecule has 3 rings (SSSR count). The molecular formula is C19H22F2N4O. The van der Waals surface area contributed by atoms with Crippen LogP contribution in [0.2, 0.25) is 0 Å². The van der Waals surface area contributed by atoms with Crippen LogP contribution in [0.5, 0.6) is 0 Å². The highest BCUT2D eigenvalue weighted by molar-refractivity contribution is 6.07. The van der Waals surface area contributed by atoms with Gasteiger partial charge in [-0.2, -0.15) is 0 Å². The fourth-order valence-electron chi connectivity index (χ4n) is 3.02. The third-order valence-corrected chi connectivity index (χ3v) is 4.77. The largest absolute Gasteiger partial charge is 0.383 e. The van der Waals surface area contributed by atoms with Crippen molar-refractivity contribution >= 4 is 17.8 Å². The molecule has 3 unspecified atom stereocenters. The molecule has 5 nitrogen and oxygen atoms in total. The second kappa shape index (κ2) is 7.35. The van der Waals surface area contributed by atoms with Crippen LogP contribution in [0.15, 0.2) is 30.0 Å². The predicted octanol–water partition coefficient (Wildman–Crippen LogP) is 2.71. The third kappa shape index (κ3) is 3.98. The summed E-state index contributed by atoms with van der Waals surface area (Å²) in [5, 5.41) is 18.2. The lowest BCUT2D eigenvalue weighted by atomic mass is 10.0. The number of likely N-dealkylation sites (tertiary alicyclic amines) is 1. The van der Waals surface area contributed by atoms with Crippen molar-refractivity contribution < 1.29 is 13.6 Å². The van der Waals surface area contributed by atoms with E-state index in [9.17, 15) is 13.6 Å². The second-order valence-corrected chi connectivity index (χ2v) is 6.95. The molecule has 1 amide bonds. The fourth-order valence-corrected chi connectivity index (χ4v) is 3.02. The number of carbonyl (C=O) groups excluding carboxylic acids is 1. The summed E-state index contributed by atoms with van der Waals surface area (Å²) >= 11 is 0. The molecule has 1 saturated heterocycles. The average Bonchev–Trinajstić information content (AvgIpc) is 3.17. The molecule has 2 fully saturated rings. The Labute approximate surface area is 151 Å². The van der Waals surface area contributed by atoms with Crippen LogP contribution in [-0.2, 0) is 6.42 Å². The normalized spacial score (nSPS) is 24.7. The quantitative estimate of drug-likeness (QED) is 0.682. The van der Waals surface area contributed by atoms with Crippen LogP contribution in [0.25, 0.3) is 0 Å². The number of hydrogen-bond donors (Lipinski definition) is 3. The van der Waals surface area contributed by atoms with Crippen molar-refractivity contribution in [3.05, 3.63) is 46.9 Å². The summed E-state index contributed by atoms with van der Waals surface area (Å²) in [7, 11) is 0. The molecule has 7 heteroatoms. The van der Waals surface area contributed by atoms with E-state index in [4.69, 9.17) is 10.8 Å². The van der Waals surface area contributed by atoms with E-state index < -0.39 is 12.0 Å². The number of benzene rings is 1. The number of hydrogen-bond acceptors (Lipinski definition) is 4. The number of rotatable bonds is 6. The van der Waals surface area contributed by atoms with Crippen molar-refractivity contribution in [1.29, 1.82) is 10.8 Å². The summed E-state index contributed by atoms with van der Waals surface area (Å²) in [6, 6.07) is 3.84. The Morgan fingerprint density at radius 1 is 1.46 bits per heavy atom. The van der Waals surface area contributed by atoms with Gasteiger partial charge in [0.15, 0.2) is 0 Å². The molecule has 138 valence electrons. The van der Waals surface area contributed by atoms with Crippen LogP contribution in [-0.4, -0.2) is 48.0 Å². The van der Waals surface area contributed by atoms with Crippen LogP contribution >= 0.6 is 0 Å². The maximum atomic E-state index is 13.6. The molecule has 3 N–H and O–H groups in total. The van der Waals surface area contributed by atoms with E-state index in [0.717, 1.165) is 0 Å². The van der Waals surface area contributed by atoms with E-state index in [-0.39, 0.29) is 31.0 Å². The minimum Gasteiger partial charge on any atom is -0.383 e. The summed E-state index contributed by atoms with van der Waals surface area (Å²) in [5.74, 6) is -0.848. The van der Waals surface area contributed by atoms with E-state index in [0.29, 0.717) is 35.3 Å². The van der Waals surface area contributed by atoms with E-state index in [2.05, 4.69) is 5.32 Å². The highest BCUT2D eigenvalue weighted by atomic mass is 19.1. The van der Waals surface area contributed by atoms with Crippen LogP contribution < -0.4 is 5.32 Å². The summed E-state index contributed by atoms with van der Waals surface area (Å²) in [4.78, 5) is 14.4. The highest BCUT2D eigenvalue weighted by Gasteiger charge is 2.38. The van der Waals surface area contributed by atoms with Crippen LogP contribution in [0, 0.1) is 22.6 Å². The lowest BCUT2D eigenvalue weighted by molar-refractivity contribution is 0.0802. The van der Waals surface area contributed by atoms with Crippen LogP contribution in [0.1, 0.15) is 29.3 Å². The molecule has 0 aromatic heterocycles. The van der Waals surface area contributed by atoms with Crippen molar-refractivity contribution in [3.63, 3.8) is 0 Å². The summed E-state index contributed by atoms with van der Waals surface area (Å²) in [6.45, 7) is 2.27. The van der Waals surface area contributed by atoms with Gasteiger partial charge in [0, 0.05) is 30.1 Å². The molecule has 1 heterocycles. The molecule has 0 spiro atoms. The highest BCUT2D eigenvalue weighted by Crippen LogP contribution is 2.37. The second-order valence-electron chi connectivity index (χ2n) is 6.95. The Morgan fingerprint density at radius 3 is 2.85 bits per heavy atom. The van der Waals surface area contributed by atoms with Gasteiger partial charge in [-0.05, 0) is 49.4 Å². The predicted molar refractivity (Wildman–Crippen MR) is 96.2 cm³/mol. The first-order chi connectivity index (χ1) is 12.4. The lowest BCUT2D eigenvalue weighted by Gasteiger charge is -2.17. The fraction of sp³-hybridized carbons (Fsp3) is 0.421. The van der Waals surface area contributed by atoms with Gasteiger partial charge in [-0.15, -0.1) is 0 Å². The Bertz CT molecular complexity index is 777. The molecule has 26 heavy (non-hydrogen) atoms. The zero-order chi connectivity index (χ0) is 18.8. The van der Waals surface area contributed by atoms with E-state index in [1.54, 1.807) is 6.20 Å². The molecule has 1 aliphatic carbocycles. The summed E-state index contributed by atoms with van der Waals surface area (Å²) in [6.07, 6.45) is 2.86. The van der Waals surface area contributed by atoms with Crippen molar-refractivity contribution in [2.45, 2.75) is 32.0 Å². The van der Waals surface area contributed by atoms with Gasteiger partial charge in [0.1, 0.15) is 12.0 Å². The number of alkyl halides is 1. The zero-order valence-corrected chi connectivity index (χ0v) is 14.6. The minimum absolute atomic E-state index is 0.137. The van der Waals surface area contributed by atoms with E-state index in [1.807, 2.05) is 6.92 Å². The van der Waals surface area contributed by atoms with E-state index >= 15 is 0 Å². The first-order valence-corrected chi connectivity index (χ1v) is 8.64. The Morgan fingerprint density at radius 2 is 2.19 bits per heavy atom. The Hall–Kier alpha value is -2.57. The zero-order valence-electron chi connectivity index (χ0n) is 14.6. The summed E-state index contributed by atoms with van der Waals surface area (Å²) < 4.78 is 26.8. The van der Waals surface area contributed by atoms with Gasteiger partial charge < -0.3 is 21.0 Å². The van der Waals surface area contributed by atoms with Gasteiger partial charge in [0.25, 0.3) is 5.91 Å². The maximum absolute atomic E-state index is 13.6. The maximum Gasteiger partial charge on any atom is 0.254 e. The molecule has 1 saturated carbocycles. The smallest absolute Gasteiger partial charge is 0.254 e. The van der Waals surface area contributed by atoms with Gasteiger partial charge in [0.2, 0.25) is 0 Å². The van der Waals surface area contributed by atoms with Crippen molar-refractivity contribution in [1.82, 2.24) is 10.2 Å². The number of nitrogens with zero attached hydrogens (tertiary/aromatic N) is 1. The molecule has 3 atom stereocenters. The monoisotopic (exact) mass is 360 g/mol. The number of halogens is 2. The molecular weight excluding hydrogens is 338 g/mol. The van der Waals surface area contributed by atoms with Crippen molar-refractivity contribution in [2.75, 3.05) is 13.1 Å². The SMILES string of the molecule is CC(C=N)N/C=C1/CN(C(=O)c2ccc(F)cc2CC2CC2F)CC1=N. The lowest BCUT2D eigenvalue weighted by Crippen LogP contribution is -2.29. The summed E-state index contributed by atoms with van der Waals surface area (Å²) in [5.41, 5.74) is 1.92. The first-order valence-electron chi connectivity index (χ1n) is 8.64. The first kappa shape index (κ1) is 18.2. The average molecular weight is 360 g/mol. The number of amides is 1. The minimum atomic E-state index is -0.863. The third-order valence-electron chi connectivity index (χ3n) is 4.77. The molecule has 0 radical (unpaired) electrons. The van der Waals surface area contributed by atoms with Crippen LogP contribution in [0.3, 0.4) is 0 Å². The topological polar surface area (TPSA) is 80.0 Å². The van der Waals surface area contributed by atoms with Gasteiger partial charge >= 0.3 is 0 Å².